The maximum absolute atomic E-state index is 12.4. The van der Waals surface area contributed by atoms with Gasteiger partial charge in [-0.2, -0.15) is 0 Å². The van der Waals surface area contributed by atoms with E-state index in [1.807, 2.05) is 38.1 Å². The van der Waals surface area contributed by atoms with E-state index in [1.54, 1.807) is 21.5 Å². The Bertz CT molecular complexity index is 778. The molecule has 0 amide bonds. The third kappa shape index (κ3) is 2.68. The fourth-order valence-corrected chi connectivity index (χ4v) is 3.70. The van der Waals surface area contributed by atoms with Crippen LogP contribution in [0.1, 0.15) is 57.6 Å². The number of carboxylic acid groups (broad SMARTS) is 1. The topological polar surface area (TPSA) is 64.2 Å². The predicted octanol–water partition coefficient (Wildman–Crippen LogP) is 3.51. The van der Waals surface area contributed by atoms with E-state index in [0.717, 1.165) is 30.5 Å². The Balaban J connectivity index is 1.96. The van der Waals surface area contributed by atoms with Crippen molar-refractivity contribution in [2.75, 3.05) is 0 Å². The molecular formula is C19H24N2O3. The number of hydrogen-bond acceptors (Lipinski definition) is 2. The van der Waals surface area contributed by atoms with E-state index in [0.29, 0.717) is 12.8 Å². The number of aliphatic carboxylic acids is 1. The molecule has 1 aromatic carbocycles. The lowest BCUT2D eigenvalue weighted by atomic mass is 9.69. The quantitative estimate of drug-likeness (QED) is 0.934. The van der Waals surface area contributed by atoms with Crippen LogP contribution >= 0.6 is 0 Å². The zero-order valence-electron chi connectivity index (χ0n) is 14.2. The molecule has 0 aliphatic heterocycles. The Morgan fingerprint density at radius 3 is 2.21 bits per heavy atom. The molecule has 1 heterocycles. The Labute approximate surface area is 141 Å². The lowest BCUT2D eigenvalue weighted by molar-refractivity contribution is -0.145. The molecule has 2 aromatic rings. The minimum atomic E-state index is -0.772. The molecule has 1 aliphatic carbocycles. The van der Waals surface area contributed by atoms with Crippen molar-refractivity contribution in [3.05, 3.63) is 52.7 Å². The molecule has 1 N–H and O–H groups in total. The molecule has 0 atom stereocenters. The maximum Gasteiger partial charge on any atom is 0.332 e. The van der Waals surface area contributed by atoms with Crippen molar-refractivity contribution in [3.63, 3.8) is 0 Å². The summed E-state index contributed by atoms with van der Waals surface area (Å²) in [4.78, 5) is 24.3. The lowest BCUT2D eigenvalue weighted by Gasteiger charge is -2.33. The molecule has 0 saturated heterocycles. The van der Waals surface area contributed by atoms with Gasteiger partial charge in [-0.15, -0.1) is 0 Å². The van der Waals surface area contributed by atoms with E-state index >= 15 is 0 Å². The van der Waals surface area contributed by atoms with E-state index < -0.39 is 11.4 Å². The van der Waals surface area contributed by atoms with Gasteiger partial charge in [0.1, 0.15) is 0 Å². The summed E-state index contributed by atoms with van der Waals surface area (Å²) in [7, 11) is 0. The van der Waals surface area contributed by atoms with Crippen molar-refractivity contribution < 1.29 is 9.90 Å². The largest absolute Gasteiger partial charge is 0.481 e. The van der Waals surface area contributed by atoms with Gasteiger partial charge >= 0.3 is 11.7 Å². The molecule has 1 aromatic heterocycles. The summed E-state index contributed by atoms with van der Waals surface area (Å²) in [6.45, 7) is 3.93. The summed E-state index contributed by atoms with van der Waals surface area (Å²) in [6.07, 6.45) is 7.91. The van der Waals surface area contributed by atoms with Gasteiger partial charge in [0.05, 0.1) is 11.1 Å². The normalized spacial score (nSPS) is 17.1. The summed E-state index contributed by atoms with van der Waals surface area (Å²) in [5.41, 5.74) is 0.753. The van der Waals surface area contributed by atoms with Crippen molar-refractivity contribution in [1.29, 1.82) is 0 Å². The Morgan fingerprint density at radius 1 is 1.08 bits per heavy atom. The highest BCUT2D eigenvalue weighted by Gasteiger charge is 2.41. The summed E-state index contributed by atoms with van der Waals surface area (Å²) in [6, 6.07) is 7.54. The van der Waals surface area contributed by atoms with E-state index in [9.17, 15) is 14.7 Å². The van der Waals surface area contributed by atoms with E-state index in [4.69, 9.17) is 0 Å². The van der Waals surface area contributed by atoms with Gasteiger partial charge in [-0.1, -0.05) is 31.4 Å². The minimum absolute atomic E-state index is 0.0802. The van der Waals surface area contributed by atoms with Crippen LogP contribution < -0.4 is 5.69 Å². The molecule has 3 rings (SSSR count). The predicted molar refractivity (Wildman–Crippen MR) is 92.8 cm³/mol. The maximum atomic E-state index is 12.4. The lowest BCUT2D eigenvalue weighted by Crippen LogP contribution is -2.37. The smallest absolute Gasteiger partial charge is 0.332 e. The van der Waals surface area contributed by atoms with Crippen LogP contribution in [0.3, 0.4) is 0 Å². The molecular weight excluding hydrogens is 304 g/mol. The Hall–Kier alpha value is -2.30. The summed E-state index contributed by atoms with van der Waals surface area (Å²) in [5.74, 6) is -0.738. The molecule has 24 heavy (non-hydrogen) atoms. The molecule has 5 nitrogen and oxygen atoms in total. The zero-order valence-corrected chi connectivity index (χ0v) is 14.2. The van der Waals surface area contributed by atoms with Crippen LogP contribution in [-0.4, -0.2) is 20.2 Å². The van der Waals surface area contributed by atoms with Crippen molar-refractivity contribution in [3.8, 4) is 5.69 Å². The van der Waals surface area contributed by atoms with Gasteiger partial charge in [-0.05, 0) is 44.4 Å². The zero-order chi connectivity index (χ0) is 17.3. The minimum Gasteiger partial charge on any atom is -0.481 e. The second-order valence-electron chi connectivity index (χ2n) is 6.95. The van der Waals surface area contributed by atoms with Gasteiger partial charge in [0, 0.05) is 18.4 Å². The van der Waals surface area contributed by atoms with E-state index in [1.165, 1.54) is 0 Å². The van der Waals surface area contributed by atoms with Gasteiger partial charge < -0.3 is 5.11 Å². The first-order chi connectivity index (χ1) is 11.5. The second kappa shape index (κ2) is 6.30. The molecule has 0 spiro atoms. The van der Waals surface area contributed by atoms with Crippen LogP contribution in [-0.2, 0) is 10.2 Å². The van der Waals surface area contributed by atoms with E-state index in [2.05, 4.69) is 0 Å². The van der Waals surface area contributed by atoms with Gasteiger partial charge in [-0.3, -0.25) is 13.9 Å². The van der Waals surface area contributed by atoms with Gasteiger partial charge in [0.15, 0.2) is 0 Å². The summed E-state index contributed by atoms with van der Waals surface area (Å²) in [5, 5.41) is 9.78. The number of benzene rings is 1. The van der Waals surface area contributed by atoms with Crippen LogP contribution in [0, 0.1) is 0 Å². The van der Waals surface area contributed by atoms with Crippen LogP contribution in [0.4, 0.5) is 0 Å². The number of aromatic nitrogens is 2. The van der Waals surface area contributed by atoms with Crippen molar-refractivity contribution >= 4 is 5.97 Å². The number of carbonyl (C=O) groups is 1. The van der Waals surface area contributed by atoms with Crippen LogP contribution in [0.25, 0.3) is 5.69 Å². The van der Waals surface area contributed by atoms with Gasteiger partial charge in [0.25, 0.3) is 0 Å². The van der Waals surface area contributed by atoms with Crippen LogP contribution in [0.15, 0.2) is 41.5 Å². The average Bonchev–Trinajstić information content (AvgIpc) is 2.97. The first-order valence-electron chi connectivity index (χ1n) is 8.59. The molecule has 0 bridgehead atoms. The monoisotopic (exact) mass is 328 g/mol. The SMILES string of the molecule is CC(C)n1ccn(-c2ccc(C3(C(=O)O)CCCCC3)cc2)c1=O. The average molecular weight is 328 g/mol. The number of carboxylic acids is 1. The first kappa shape index (κ1) is 16.6. The van der Waals surface area contributed by atoms with Gasteiger partial charge in [0.2, 0.25) is 0 Å². The molecule has 0 radical (unpaired) electrons. The van der Waals surface area contributed by atoms with Crippen molar-refractivity contribution in [2.45, 2.75) is 57.4 Å². The third-order valence-corrected chi connectivity index (χ3v) is 5.17. The molecule has 1 fully saturated rings. The Kier molecular flexibility index (Phi) is 4.35. The number of nitrogens with zero attached hydrogens (tertiary/aromatic N) is 2. The fraction of sp³-hybridized carbons (Fsp3) is 0.474. The Morgan fingerprint density at radius 2 is 1.71 bits per heavy atom. The van der Waals surface area contributed by atoms with Crippen molar-refractivity contribution in [1.82, 2.24) is 9.13 Å². The van der Waals surface area contributed by atoms with Gasteiger partial charge in [-0.25, -0.2) is 4.79 Å². The first-order valence-corrected chi connectivity index (χ1v) is 8.59. The van der Waals surface area contributed by atoms with Crippen LogP contribution in [0.2, 0.25) is 0 Å². The second-order valence-corrected chi connectivity index (χ2v) is 6.95. The molecule has 0 unspecified atom stereocenters. The molecule has 1 saturated carbocycles. The summed E-state index contributed by atoms with van der Waals surface area (Å²) < 4.78 is 3.27. The summed E-state index contributed by atoms with van der Waals surface area (Å²) >= 11 is 0. The van der Waals surface area contributed by atoms with E-state index in [-0.39, 0.29) is 11.7 Å². The highest BCUT2D eigenvalue weighted by atomic mass is 16.4. The number of imidazole rings is 1. The molecule has 5 heteroatoms. The highest BCUT2D eigenvalue weighted by Crippen LogP contribution is 2.39. The van der Waals surface area contributed by atoms with Crippen LogP contribution in [0.5, 0.6) is 0 Å². The fourth-order valence-electron chi connectivity index (χ4n) is 3.70. The highest BCUT2D eigenvalue weighted by molar-refractivity contribution is 5.81. The number of rotatable bonds is 4. The molecule has 1 aliphatic rings. The standard InChI is InChI=1S/C19H24N2O3/c1-14(2)20-12-13-21(18(20)24)16-8-6-15(7-9-16)19(17(22)23)10-4-3-5-11-19/h6-9,12-14H,3-5,10-11H2,1-2H3,(H,22,23). The third-order valence-electron chi connectivity index (χ3n) is 5.17. The number of hydrogen-bond donors (Lipinski definition) is 1. The molecule has 128 valence electrons. The van der Waals surface area contributed by atoms with Crippen molar-refractivity contribution in [2.24, 2.45) is 0 Å².